The summed E-state index contributed by atoms with van der Waals surface area (Å²) >= 11 is 0. The van der Waals surface area contributed by atoms with Crippen molar-refractivity contribution in [3.05, 3.63) is 54.5 Å². The number of aromatic nitrogens is 5. The standard InChI is InChI=1S/C26H27N7O3/c1-35-25(34)22-7-5-20(14-27-22)28-24-13-23(29-26(30-24)32-8-10-36-11-9-32)18-4-6-21-19(12-18)16-33(31-21)15-17-2-3-17/h4-7,12-14,16-17H,2-3,8-11,15H2,1H3,(H,28,29,30). The summed E-state index contributed by atoms with van der Waals surface area (Å²) in [5, 5.41) is 9.13. The summed E-state index contributed by atoms with van der Waals surface area (Å²) in [6.07, 6.45) is 6.30. The Morgan fingerprint density at radius 2 is 2.00 bits per heavy atom. The van der Waals surface area contributed by atoms with E-state index in [1.165, 1.54) is 20.0 Å². The van der Waals surface area contributed by atoms with Crippen LogP contribution in [0.4, 0.5) is 17.5 Å². The van der Waals surface area contributed by atoms with Crippen LogP contribution < -0.4 is 10.2 Å². The molecule has 0 unspecified atom stereocenters. The van der Waals surface area contributed by atoms with E-state index in [0.717, 1.165) is 47.7 Å². The van der Waals surface area contributed by atoms with Crippen molar-refractivity contribution in [2.75, 3.05) is 43.6 Å². The highest BCUT2D eigenvalue weighted by atomic mass is 16.5. The predicted octanol–water partition coefficient (Wildman–Crippen LogP) is 3.67. The van der Waals surface area contributed by atoms with Crippen LogP contribution in [0.2, 0.25) is 0 Å². The molecule has 0 bridgehead atoms. The molecule has 4 heterocycles. The van der Waals surface area contributed by atoms with Crippen molar-refractivity contribution >= 4 is 34.3 Å². The normalized spacial score (nSPS) is 15.8. The van der Waals surface area contributed by atoms with Gasteiger partial charge in [-0.15, -0.1) is 0 Å². The molecular formula is C26H27N7O3. The first-order valence-electron chi connectivity index (χ1n) is 12.2. The van der Waals surface area contributed by atoms with Crippen LogP contribution in [0.15, 0.2) is 48.8 Å². The first-order chi connectivity index (χ1) is 17.6. The van der Waals surface area contributed by atoms with Crippen molar-refractivity contribution in [2.24, 2.45) is 5.92 Å². The monoisotopic (exact) mass is 485 g/mol. The molecule has 2 aliphatic rings. The van der Waals surface area contributed by atoms with Crippen LogP contribution >= 0.6 is 0 Å². The largest absolute Gasteiger partial charge is 0.464 e. The van der Waals surface area contributed by atoms with Crippen LogP contribution in [-0.4, -0.2) is 64.1 Å². The van der Waals surface area contributed by atoms with Crippen molar-refractivity contribution in [3.63, 3.8) is 0 Å². The zero-order valence-electron chi connectivity index (χ0n) is 20.1. The Bertz CT molecular complexity index is 1390. The van der Waals surface area contributed by atoms with E-state index < -0.39 is 5.97 Å². The number of hydrogen-bond acceptors (Lipinski definition) is 9. The Morgan fingerprint density at radius 1 is 1.14 bits per heavy atom. The maximum atomic E-state index is 11.7. The third kappa shape index (κ3) is 4.85. The molecule has 10 nitrogen and oxygen atoms in total. The molecule has 0 spiro atoms. The minimum Gasteiger partial charge on any atom is -0.464 e. The number of methoxy groups -OCH3 is 1. The molecule has 1 N–H and O–H groups in total. The number of ether oxygens (including phenoxy) is 2. The number of morpholine rings is 1. The lowest BCUT2D eigenvalue weighted by molar-refractivity contribution is 0.0594. The SMILES string of the molecule is COC(=O)c1ccc(Nc2cc(-c3ccc4nn(CC5CC5)cc4c3)nc(N3CCOCC3)n2)cn1. The number of hydrogen-bond donors (Lipinski definition) is 1. The molecule has 0 atom stereocenters. The topological polar surface area (TPSA) is 107 Å². The van der Waals surface area contributed by atoms with Gasteiger partial charge in [0.15, 0.2) is 0 Å². The van der Waals surface area contributed by atoms with Gasteiger partial charge in [0, 0.05) is 42.8 Å². The number of carbonyl (C=O) groups excluding carboxylic acids is 1. The average molecular weight is 486 g/mol. The van der Waals surface area contributed by atoms with Gasteiger partial charge in [0.2, 0.25) is 5.95 Å². The molecular weight excluding hydrogens is 458 g/mol. The summed E-state index contributed by atoms with van der Waals surface area (Å²) in [7, 11) is 1.33. The fourth-order valence-electron chi connectivity index (χ4n) is 4.29. The Balaban J connectivity index is 1.33. The summed E-state index contributed by atoms with van der Waals surface area (Å²) in [6.45, 7) is 3.72. The molecule has 1 aliphatic heterocycles. The molecule has 3 aromatic heterocycles. The van der Waals surface area contributed by atoms with E-state index in [0.29, 0.717) is 30.7 Å². The van der Waals surface area contributed by atoms with Gasteiger partial charge in [0.25, 0.3) is 0 Å². The van der Waals surface area contributed by atoms with Gasteiger partial charge in [-0.2, -0.15) is 10.1 Å². The van der Waals surface area contributed by atoms with Gasteiger partial charge >= 0.3 is 5.97 Å². The van der Waals surface area contributed by atoms with Gasteiger partial charge in [0.1, 0.15) is 11.5 Å². The van der Waals surface area contributed by atoms with Crippen LogP contribution in [0.5, 0.6) is 0 Å². The van der Waals surface area contributed by atoms with E-state index in [2.05, 4.69) is 38.2 Å². The second kappa shape index (κ2) is 9.54. The summed E-state index contributed by atoms with van der Waals surface area (Å²) < 4.78 is 12.3. The van der Waals surface area contributed by atoms with Crippen molar-refractivity contribution in [1.82, 2.24) is 24.7 Å². The molecule has 1 aliphatic carbocycles. The van der Waals surface area contributed by atoms with Gasteiger partial charge in [-0.05, 0) is 43.0 Å². The number of esters is 1. The lowest BCUT2D eigenvalue weighted by Gasteiger charge is -2.27. The summed E-state index contributed by atoms with van der Waals surface area (Å²) in [6, 6.07) is 11.6. The van der Waals surface area contributed by atoms with E-state index in [4.69, 9.17) is 24.5 Å². The van der Waals surface area contributed by atoms with Crippen LogP contribution in [0.3, 0.4) is 0 Å². The maximum absolute atomic E-state index is 11.7. The fraction of sp³-hybridized carbons (Fsp3) is 0.346. The van der Waals surface area contributed by atoms with E-state index in [-0.39, 0.29) is 5.69 Å². The molecule has 184 valence electrons. The smallest absolute Gasteiger partial charge is 0.356 e. The molecule has 0 amide bonds. The highest BCUT2D eigenvalue weighted by Crippen LogP contribution is 2.32. The first kappa shape index (κ1) is 22.4. The molecule has 6 rings (SSSR count). The maximum Gasteiger partial charge on any atom is 0.356 e. The second-order valence-corrected chi connectivity index (χ2v) is 9.15. The highest BCUT2D eigenvalue weighted by molar-refractivity contribution is 5.87. The molecule has 2 fully saturated rings. The Morgan fingerprint density at radius 3 is 2.75 bits per heavy atom. The summed E-state index contributed by atoms with van der Waals surface area (Å²) in [5.74, 6) is 1.57. The van der Waals surface area contributed by atoms with Crippen LogP contribution in [0.1, 0.15) is 23.3 Å². The third-order valence-corrected chi connectivity index (χ3v) is 6.43. The lowest BCUT2D eigenvalue weighted by atomic mass is 10.1. The molecule has 36 heavy (non-hydrogen) atoms. The number of carbonyl (C=O) groups is 1. The van der Waals surface area contributed by atoms with Gasteiger partial charge in [-0.25, -0.2) is 14.8 Å². The first-order valence-corrected chi connectivity index (χ1v) is 12.2. The summed E-state index contributed by atoms with van der Waals surface area (Å²) in [4.78, 5) is 27.7. The van der Waals surface area contributed by atoms with Crippen LogP contribution in [0.25, 0.3) is 22.2 Å². The number of nitrogens with one attached hydrogen (secondary N) is 1. The average Bonchev–Trinajstić information content (AvgIpc) is 3.64. The van der Waals surface area contributed by atoms with Crippen molar-refractivity contribution in [3.8, 4) is 11.3 Å². The molecule has 4 aromatic rings. The number of rotatable bonds is 7. The van der Waals surface area contributed by atoms with Gasteiger partial charge < -0.3 is 19.7 Å². The van der Waals surface area contributed by atoms with E-state index in [1.807, 2.05) is 12.1 Å². The molecule has 10 heteroatoms. The quantitative estimate of drug-likeness (QED) is 0.392. The van der Waals surface area contributed by atoms with Crippen molar-refractivity contribution in [2.45, 2.75) is 19.4 Å². The lowest BCUT2D eigenvalue weighted by Crippen LogP contribution is -2.37. The van der Waals surface area contributed by atoms with E-state index >= 15 is 0 Å². The van der Waals surface area contributed by atoms with E-state index in [9.17, 15) is 4.79 Å². The Kier molecular flexibility index (Phi) is 5.94. The third-order valence-electron chi connectivity index (χ3n) is 6.43. The molecule has 1 saturated carbocycles. The summed E-state index contributed by atoms with van der Waals surface area (Å²) in [5.41, 5.74) is 3.74. The zero-order chi connectivity index (χ0) is 24.5. The van der Waals surface area contributed by atoms with Gasteiger partial charge in [-0.1, -0.05) is 6.07 Å². The molecule has 1 saturated heterocycles. The van der Waals surface area contributed by atoms with Crippen LogP contribution in [-0.2, 0) is 16.0 Å². The van der Waals surface area contributed by atoms with Crippen LogP contribution in [0, 0.1) is 5.92 Å². The highest BCUT2D eigenvalue weighted by Gasteiger charge is 2.22. The van der Waals surface area contributed by atoms with Crippen molar-refractivity contribution < 1.29 is 14.3 Å². The number of benzene rings is 1. The number of pyridine rings is 1. The Hall–Kier alpha value is -4.05. The molecule has 0 radical (unpaired) electrons. The minimum absolute atomic E-state index is 0.246. The van der Waals surface area contributed by atoms with Crippen molar-refractivity contribution in [1.29, 1.82) is 0 Å². The van der Waals surface area contributed by atoms with Gasteiger partial charge in [0.05, 0.1) is 43.4 Å². The number of nitrogens with zero attached hydrogens (tertiary/aromatic N) is 6. The fourth-order valence-corrected chi connectivity index (χ4v) is 4.29. The molecule has 1 aromatic carbocycles. The van der Waals surface area contributed by atoms with Gasteiger partial charge in [-0.3, -0.25) is 4.68 Å². The van der Waals surface area contributed by atoms with E-state index in [1.54, 1.807) is 18.3 Å². The number of anilines is 3. The second-order valence-electron chi connectivity index (χ2n) is 9.15. The zero-order valence-corrected chi connectivity index (χ0v) is 20.1. The minimum atomic E-state index is -0.476. The number of fused-ring (bicyclic) bond motifs is 1. The predicted molar refractivity (Wildman–Crippen MR) is 135 cm³/mol. The Labute approximate surface area is 208 Å².